The second kappa shape index (κ2) is 12.9. The number of aryl methyl sites for hydroxylation is 2. The van der Waals surface area contributed by atoms with Crippen LogP contribution >= 0.6 is 0 Å². The first-order chi connectivity index (χ1) is 14.9. The standard InChI is InChI=1S/C23H35FN2O6/c1-15-12-16(8-6-5-7-9-20(28)29)21(24)18(13-15)31-14-17(10-11-19(25)27)26-22(30)32-23(2,3)4/h12-13,17H,5-11,14H2,1-4H3,(H2,25,27)(H,26,30)(H,28,29)/t17-/m0/s1. The van der Waals surface area contributed by atoms with Gasteiger partial charge in [-0.2, -0.15) is 0 Å². The number of benzene rings is 1. The Labute approximate surface area is 188 Å². The molecule has 180 valence electrons. The molecule has 1 rings (SSSR count). The Balaban J connectivity index is 2.78. The molecule has 0 spiro atoms. The topological polar surface area (TPSA) is 128 Å². The summed E-state index contributed by atoms with van der Waals surface area (Å²) in [5.74, 6) is -1.79. The van der Waals surface area contributed by atoms with Crippen LogP contribution in [0.15, 0.2) is 12.1 Å². The molecule has 1 aromatic rings. The number of unbranched alkanes of at least 4 members (excludes halogenated alkanes) is 2. The van der Waals surface area contributed by atoms with Gasteiger partial charge in [0.2, 0.25) is 5.91 Å². The van der Waals surface area contributed by atoms with Crippen molar-refractivity contribution in [2.45, 2.75) is 84.3 Å². The predicted octanol–water partition coefficient (Wildman–Crippen LogP) is 3.86. The van der Waals surface area contributed by atoms with E-state index in [9.17, 15) is 18.8 Å². The summed E-state index contributed by atoms with van der Waals surface area (Å²) in [4.78, 5) is 33.8. The van der Waals surface area contributed by atoms with Gasteiger partial charge in [0.15, 0.2) is 11.6 Å². The maximum atomic E-state index is 14.9. The highest BCUT2D eigenvalue weighted by Crippen LogP contribution is 2.25. The maximum absolute atomic E-state index is 14.9. The van der Waals surface area contributed by atoms with Crippen LogP contribution in [0.25, 0.3) is 0 Å². The molecule has 9 heteroatoms. The summed E-state index contributed by atoms with van der Waals surface area (Å²) < 4.78 is 25.8. The number of alkyl carbamates (subject to hydrolysis) is 1. The first kappa shape index (κ1) is 27.2. The second-order valence-corrected chi connectivity index (χ2v) is 8.85. The van der Waals surface area contributed by atoms with Crippen molar-refractivity contribution in [1.29, 1.82) is 0 Å². The Morgan fingerprint density at radius 1 is 1.16 bits per heavy atom. The monoisotopic (exact) mass is 454 g/mol. The van der Waals surface area contributed by atoms with Gasteiger partial charge in [0.25, 0.3) is 0 Å². The molecule has 0 bridgehead atoms. The van der Waals surface area contributed by atoms with Crippen LogP contribution in [-0.4, -0.2) is 41.3 Å². The van der Waals surface area contributed by atoms with E-state index in [1.165, 1.54) is 0 Å². The number of carboxylic acids is 1. The van der Waals surface area contributed by atoms with Crippen molar-refractivity contribution in [3.05, 3.63) is 29.1 Å². The molecule has 0 unspecified atom stereocenters. The lowest BCUT2D eigenvalue weighted by atomic mass is 10.0. The Kier molecular flexibility index (Phi) is 10.9. The van der Waals surface area contributed by atoms with Crippen LogP contribution in [0.5, 0.6) is 5.75 Å². The molecular weight excluding hydrogens is 419 g/mol. The number of ether oxygens (including phenoxy) is 2. The largest absolute Gasteiger partial charge is 0.488 e. The molecule has 0 aromatic heterocycles. The summed E-state index contributed by atoms with van der Waals surface area (Å²) in [5, 5.41) is 11.3. The number of aliphatic carboxylic acids is 1. The third-order valence-electron chi connectivity index (χ3n) is 4.50. The van der Waals surface area contributed by atoms with Crippen LogP contribution in [0.3, 0.4) is 0 Å². The van der Waals surface area contributed by atoms with Crippen LogP contribution in [0, 0.1) is 12.7 Å². The van der Waals surface area contributed by atoms with Gasteiger partial charge < -0.3 is 25.6 Å². The molecule has 0 aliphatic heterocycles. The molecule has 0 saturated carbocycles. The number of halogens is 1. The third-order valence-corrected chi connectivity index (χ3v) is 4.50. The summed E-state index contributed by atoms with van der Waals surface area (Å²) in [6, 6.07) is 2.71. The SMILES string of the molecule is Cc1cc(CCCCCC(=O)O)c(F)c(OC[C@H](CCC(N)=O)NC(=O)OC(C)(C)C)c1. The minimum Gasteiger partial charge on any atom is -0.488 e. The molecule has 0 heterocycles. The van der Waals surface area contributed by atoms with Gasteiger partial charge >= 0.3 is 12.1 Å². The molecule has 0 radical (unpaired) electrons. The molecule has 0 aliphatic rings. The zero-order valence-electron chi connectivity index (χ0n) is 19.3. The minimum atomic E-state index is -0.840. The van der Waals surface area contributed by atoms with Gasteiger partial charge in [-0.15, -0.1) is 0 Å². The summed E-state index contributed by atoms with van der Waals surface area (Å²) in [6.07, 6.45) is 2.04. The average Bonchev–Trinajstić information content (AvgIpc) is 2.64. The number of hydrogen-bond donors (Lipinski definition) is 3. The number of carbonyl (C=O) groups is 3. The fourth-order valence-corrected chi connectivity index (χ4v) is 3.04. The van der Waals surface area contributed by atoms with Gasteiger partial charge in [0, 0.05) is 12.8 Å². The van der Waals surface area contributed by atoms with E-state index in [0.29, 0.717) is 31.2 Å². The van der Waals surface area contributed by atoms with Gasteiger partial charge in [-0.1, -0.05) is 12.5 Å². The van der Waals surface area contributed by atoms with Gasteiger partial charge in [-0.3, -0.25) is 9.59 Å². The molecule has 0 fully saturated rings. The minimum absolute atomic E-state index is 0.0295. The van der Waals surface area contributed by atoms with Crippen molar-refractivity contribution in [2.24, 2.45) is 5.73 Å². The molecule has 2 amide bonds. The Bertz CT molecular complexity index is 791. The Morgan fingerprint density at radius 3 is 2.44 bits per heavy atom. The quantitative estimate of drug-likeness (QED) is 0.388. The number of hydrogen-bond acceptors (Lipinski definition) is 5. The maximum Gasteiger partial charge on any atom is 0.407 e. The van der Waals surface area contributed by atoms with Crippen molar-refractivity contribution < 1.29 is 33.4 Å². The van der Waals surface area contributed by atoms with Crippen molar-refractivity contribution >= 4 is 18.0 Å². The fraction of sp³-hybridized carbons (Fsp3) is 0.609. The van der Waals surface area contributed by atoms with E-state index in [2.05, 4.69) is 5.32 Å². The first-order valence-electron chi connectivity index (χ1n) is 10.8. The summed E-state index contributed by atoms with van der Waals surface area (Å²) in [5.41, 5.74) is 5.82. The van der Waals surface area contributed by atoms with Gasteiger partial charge in [-0.05, 0) is 70.6 Å². The summed E-state index contributed by atoms with van der Waals surface area (Å²) >= 11 is 0. The van der Waals surface area contributed by atoms with Crippen LogP contribution < -0.4 is 15.8 Å². The smallest absolute Gasteiger partial charge is 0.407 e. The van der Waals surface area contributed by atoms with E-state index in [4.69, 9.17) is 20.3 Å². The Hall–Kier alpha value is -2.84. The van der Waals surface area contributed by atoms with Gasteiger partial charge in [0.05, 0.1) is 6.04 Å². The molecule has 1 atom stereocenters. The number of amides is 2. The van der Waals surface area contributed by atoms with Gasteiger partial charge in [0.1, 0.15) is 12.2 Å². The lowest BCUT2D eigenvalue weighted by Gasteiger charge is -2.24. The number of carboxylic acid groups (broad SMARTS) is 1. The van der Waals surface area contributed by atoms with E-state index in [1.54, 1.807) is 32.9 Å². The molecule has 4 N–H and O–H groups in total. The van der Waals surface area contributed by atoms with E-state index < -0.39 is 35.4 Å². The predicted molar refractivity (Wildman–Crippen MR) is 118 cm³/mol. The van der Waals surface area contributed by atoms with Crippen molar-refractivity contribution in [3.8, 4) is 5.75 Å². The molecule has 0 saturated heterocycles. The Morgan fingerprint density at radius 2 is 1.84 bits per heavy atom. The molecule has 1 aromatic carbocycles. The molecular formula is C23H35FN2O6. The number of primary amides is 1. The molecule has 0 aliphatic carbocycles. The third kappa shape index (κ3) is 11.5. The molecule has 32 heavy (non-hydrogen) atoms. The van der Waals surface area contributed by atoms with E-state index in [1.807, 2.05) is 6.92 Å². The highest BCUT2D eigenvalue weighted by atomic mass is 19.1. The van der Waals surface area contributed by atoms with Crippen LogP contribution in [0.4, 0.5) is 9.18 Å². The number of rotatable bonds is 13. The van der Waals surface area contributed by atoms with E-state index >= 15 is 0 Å². The summed E-state index contributed by atoms with van der Waals surface area (Å²) in [7, 11) is 0. The van der Waals surface area contributed by atoms with E-state index in [0.717, 1.165) is 5.56 Å². The van der Waals surface area contributed by atoms with Crippen LogP contribution in [0.2, 0.25) is 0 Å². The fourth-order valence-electron chi connectivity index (χ4n) is 3.04. The van der Waals surface area contributed by atoms with Crippen molar-refractivity contribution in [1.82, 2.24) is 5.32 Å². The highest BCUT2D eigenvalue weighted by molar-refractivity contribution is 5.74. The van der Waals surface area contributed by atoms with Gasteiger partial charge in [-0.25, -0.2) is 9.18 Å². The number of nitrogens with one attached hydrogen (secondary N) is 1. The molecule has 8 nitrogen and oxygen atoms in total. The first-order valence-corrected chi connectivity index (χ1v) is 10.8. The van der Waals surface area contributed by atoms with Crippen LogP contribution in [-0.2, 0) is 20.7 Å². The summed E-state index contributed by atoms with van der Waals surface area (Å²) in [6.45, 7) is 6.95. The lowest BCUT2D eigenvalue weighted by molar-refractivity contribution is -0.137. The van der Waals surface area contributed by atoms with E-state index in [-0.39, 0.29) is 31.6 Å². The normalized spacial score (nSPS) is 12.2. The zero-order valence-corrected chi connectivity index (χ0v) is 19.3. The number of nitrogens with two attached hydrogens (primary N) is 1. The van der Waals surface area contributed by atoms with Crippen LogP contribution in [0.1, 0.15) is 70.4 Å². The average molecular weight is 455 g/mol. The van der Waals surface area contributed by atoms with Crippen molar-refractivity contribution in [3.63, 3.8) is 0 Å². The lowest BCUT2D eigenvalue weighted by Crippen LogP contribution is -2.42. The highest BCUT2D eigenvalue weighted by Gasteiger charge is 2.21. The van der Waals surface area contributed by atoms with Crippen molar-refractivity contribution in [2.75, 3.05) is 6.61 Å². The number of carbonyl (C=O) groups excluding carboxylic acids is 2. The zero-order chi connectivity index (χ0) is 24.3. The second-order valence-electron chi connectivity index (χ2n) is 8.85.